The zero-order chi connectivity index (χ0) is 16.8. The Hall–Kier alpha value is -3.34. The van der Waals surface area contributed by atoms with Crippen molar-refractivity contribution in [2.45, 2.75) is 0 Å². The summed E-state index contributed by atoms with van der Waals surface area (Å²) in [6.45, 7) is 0. The van der Waals surface area contributed by atoms with E-state index in [0.29, 0.717) is 5.75 Å². The summed E-state index contributed by atoms with van der Waals surface area (Å²) in [5.41, 5.74) is 1.45. The first-order valence-corrected chi connectivity index (χ1v) is 7.46. The van der Waals surface area contributed by atoms with E-state index in [4.69, 9.17) is 9.57 Å². The normalized spacial score (nSPS) is 10.0. The number of aromatic nitrogens is 1. The second kappa shape index (κ2) is 7.28. The third kappa shape index (κ3) is 3.52. The number of nitrogens with zero attached hydrogens (tertiary/aromatic N) is 2. The van der Waals surface area contributed by atoms with Gasteiger partial charge in [0.05, 0.1) is 18.5 Å². The molecule has 0 aliphatic rings. The summed E-state index contributed by atoms with van der Waals surface area (Å²) in [5, 5.41) is 0. The van der Waals surface area contributed by atoms with Crippen molar-refractivity contribution in [1.29, 1.82) is 0 Å². The highest BCUT2D eigenvalue weighted by atomic mass is 16.7. The number of hydrogen-bond donors (Lipinski definition) is 0. The fourth-order valence-electron chi connectivity index (χ4n) is 2.24. The van der Waals surface area contributed by atoms with Crippen molar-refractivity contribution in [3.63, 3.8) is 0 Å². The van der Waals surface area contributed by atoms with Crippen molar-refractivity contribution < 1.29 is 19.1 Å². The number of benzene rings is 2. The molecular formula is C19H17N2O3+. The Balaban J connectivity index is 1.89. The van der Waals surface area contributed by atoms with Crippen LogP contribution in [-0.4, -0.2) is 13.2 Å². The number of carbonyl (C=O) groups is 1. The molecular weight excluding hydrogens is 304 g/mol. The Morgan fingerprint density at radius 3 is 1.79 bits per heavy atom. The molecule has 0 aliphatic heterocycles. The molecule has 120 valence electrons. The maximum atomic E-state index is 12.7. The van der Waals surface area contributed by atoms with Gasteiger partial charge in [-0.05, 0) is 24.3 Å². The molecule has 3 rings (SSSR count). The molecule has 0 N–H and O–H groups in total. The molecule has 0 saturated carbocycles. The van der Waals surface area contributed by atoms with Crippen molar-refractivity contribution in [1.82, 2.24) is 0 Å². The molecule has 2 aromatic carbocycles. The zero-order valence-corrected chi connectivity index (χ0v) is 13.2. The predicted octanol–water partition coefficient (Wildman–Crippen LogP) is 3.37. The summed E-state index contributed by atoms with van der Waals surface area (Å²) in [5.74, 6) is 0.685. The van der Waals surface area contributed by atoms with Gasteiger partial charge in [0.1, 0.15) is 5.75 Å². The van der Waals surface area contributed by atoms with Gasteiger partial charge >= 0.3 is 6.09 Å². The van der Waals surface area contributed by atoms with Crippen LogP contribution >= 0.6 is 0 Å². The summed E-state index contributed by atoms with van der Waals surface area (Å²) >= 11 is 0. The maximum absolute atomic E-state index is 12.7. The van der Waals surface area contributed by atoms with Crippen LogP contribution in [0.5, 0.6) is 5.75 Å². The number of anilines is 2. The van der Waals surface area contributed by atoms with Crippen molar-refractivity contribution in [2.75, 3.05) is 12.0 Å². The molecule has 0 atom stereocenters. The van der Waals surface area contributed by atoms with Gasteiger partial charge in [-0.25, -0.2) is 9.69 Å². The third-order valence-corrected chi connectivity index (χ3v) is 3.40. The van der Waals surface area contributed by atoms with Gasteiger partial charge in [-0.3, -0.25) is 0 Å². The molecule has 0 saturated heterocycles. The first-order valence-electron chi connectivity index (χ1n) is 7.46. The smallest absolute Gasteiger partial charge is 0.487 e. The summed E-state index contributed by atoms with van der Waals surface area (Å²) < 4.78 is 6.43. The lowest BCUT2D eigenvalue weighted by Gasteiger charge is -2.19. The SMILES string of the molecule is COc1cc[n+](OC(=O)N(c2ccccc2)c2ccccc2)cc1. The van der Waals surface area contributed by atoms with Crippen molar-refractivity contribution >= 4 is 17.5 Å². The molecule has 0 bridgehead atoms. The minimum Gasteiger partial charge on any atom is -0.496 e. The summed E-state index contributed by atoms with van der Waals surface area (Å²) in [7, 11) is 1.58. The van der Waals surface area contributed by atoms with Crippen LogP contribution in [0.2, 0.25) is 0 Å². The van der Waals surface area contributed by atoms with Crippen LogP contribution in [-0.2, 0) is 0 Å². The fourth-order valence-corrected chi connectivity index (χ4v) is 2.24. The van der Waals surface area contributed by atoms with E-state index in [1.165, 1.54) is 9.63 Å². The van der Waals surface area contributed by atoms with E-state index < -0.39 is 6.09 Å². The van der Waals surface area contributed by atoms with Gasteiger partial charge in [-0.2, -0.15) is 4.84 Å². The fraction of sp³-hybridized carbons (Fsp3) is 0.0526. The van der Waals surface area contributed by atoms with E-state index in [1.807, 2.05) is 60.7 Å². The van der Waals surface area contributed by atoms with Crippen LogP contribution in [0.3, 0.4) is 0 Å². The third-order valence-electron chi connectivity index (χ3n) is 3.40. The second-order valence-corrected chi connectivity index (χ2v) is 4.96. The highest BCUT2D eigenvalue weighted by Gasteiger charge is 2.23. The van der Waals surface area contributed by atoms with Crippen LogP contribution < -0.4 is 19.2 Å². The van der Waals surface area contributed by atoms with E-state index in [1.54, 1.807) is 31.6 Å². The van der Waals surface area contributed by atoms with Gasteiger partial charge in [0.2, 0.25) is 12.4 Å². The van der Waals surface area contributed by atoms with Gasteiger partial charge in [-0.1, -0.05) is 36.4 Å². The van der Waals surface area contributed by atoms with Crippen LogP contribution in [0.4, 0.5) is 16.2 Å². The molecule has 1 amide bonds. The maximum Gasteiger partial charge on any atom is 0.487 e. The monoisotopic (exact) mass is 321 g/mol. The Labute approximate surface area is 140 Å². The molecule has 0 spiro atoms. The standard InChI is InChI=1S/C19H17N2O3/c1-23-18-12-14-20(15-13-18)24-19(22)21(16-8-4-2-5-9-16)17-10-6-3-7-11-17/h2-15H,1H3/q+1. The molecule has 1 aromatic heterocycles. The Morgan fingerprint density at radius 1 is 0.833 bits per heavy atom. The predicted molar refractivity (Wildman–Crippen MR) is 90.2 cm³/mol. The Bertz CT molecular complexity index is 750. The first kappa shape index (κ1) is 15.6. The largest absolute Gasteiger partial charge is 0.496 e. The molecule has 0 radical (unpaired) electrons. The Kier molecular flexibility index (Phi) is 4.72. The number of rotatable bonds is 4. The van der Waals surface area contributed by atoms with Gasteiger partial charge in [-0.15, -0.1) is 0 Å². The molecule has 3 aromatic rings. The second-order valence-electron chi connectivity index (χ2n) is 4.96. The van der Waals surface area contributed by atoms with Crippen LogP contribution in [0.1, 0.15) is 0 Å². The number of para-hydroxylation sites is 2. The highest BCUT2D eigenvalue weighted by Crippen LogP contribution is 2.24. The molecule has 0 unspecified atom stereocenters. The minimum absolute atomic E-state index is 0.512. The van der Waals surface area contributed by atoms with Crippen molar-refractivity contribution in [3.05, 3.63) is 85.2 Å². The number of methoxy groups -OCH3 is 1. The van der Waals surface area contributed by atoms with Gasteiger partial charge in [0.25, 0.3) is 0 Å². The zero-order valence-electron chi connectivity index (χ0n) is 13.2. The molecule has 0 fully saturated rings. The quantitative estimate of drug-likeness (QED) is 0.692. The lowest BCUT2D eigenvalue weighted by Crippen LogP contribution is -2.49. The summed E-state index contributed by atoms with van der Waals surface area (Å²) in [6.07, 6.45) is 2.72. The van der Waals surface area contributed by atoms with E-state index in [9.17, 15) is 4.79 Å². The van der Waals surface area contributed by atoms with Crippen molar-refractivity contribution in [3.8, 4) is 5.75 Å². The molecule has 5 heteroatoms. The lowest BCUT2D eigenvalue weighted by molar-refractivity contribution is -0.868. The van der Waals surface area contributed by atoms with Gasteiger partial charge in [0.15, 0.2) is 0 Å². The summed E-state index contributed by atoms with van der Waals surface area (Å²) in [6, 6.07) is 22.1. The molecule has 0 aliphatic carbocycles. The topological polar surface area (TPSA) is 42.6 Å². The van der Waals surface area contributed by atoms with Gasteiger partial charge < -0.3 is 4.74 Å². The van der Waals surface area contributed by atoms with Crippen LogP contribution in [0.25, 0.3) is 0 Å². The summed E-state index contributed by atoms with van der Waals surface area (Å²) in [4.78, 5) is 19.7. The van der Waals surface area contributed by atoms with Gasteiger partial charge in [0, 0.05) is 16.9 Å². The van der Waals surface area contributed by atoms with Crippen molar-refractivity contribution in [2.24, 2.45) is 0 Å². The number of amides is 1. The van der Waals surface area contributed by atoms with Crippen LogP contribution in [0.15, 0.2) is 85.2 Å². The lowest BCUT2D eigenvalue weighted by atomic mass is 10.2. The molecule has 24 heavy (non-hydrogen) atoms. The average Bonchev–Trinajstić information content (AvgIpc) is 2.64. The van der Waals surface area contributed by atoms with E-state index >= 15 is 0 Å². The Morgan fingerprint density at radius 2 is 1.33 bits per heavy atom. The average molecular weight is 321 g/mol. The number of pyridine rings is 1. The van der Waals surface area contributed by atoms with E-state index in [2.05, 4.69) is 0 Å². The van der Waals surface area contributed by atoms with E-state index in [-0.39, 0.29) is 0 Å². The molecule has 1 heterocycles. The highest BCUT2D eigenvalue weighted by molar-refractivity contribution is 5.95. The number of hydrogen-bond acceptors (Lipinski definition) is 3. The van der Waals surface area contributed by atoms with Crippen LogP contribution in [0, 0.1) is 0 Å². The first-order chi connectivity index (χ1) is 11.8. The number of carbonyl (C=O) groups excluding carboxylic acids is 1. The molecule has 5 nitrogen and oxygen atoms in total. The number of ether oxygens (including phenoxy) is 1. The minimum atomic E-state index is -0.512. The van der Waals surface area contributed by atoms with E-state index in [0.717, 1.165) is 11.4 Å².